The Kier molecular flexibility index (Phi) is 2.80. The summed E-state index contributed by atoms with van der Waals surface area (Å²) in [6, 6.07) is 5.40. The van der Waals surface area contributed by atoms with Crippen molar-refractivity contribution in [2.24, 2.45) is 0 Å². The van der Waals surface area contributed by atoms with Gasteiger partial charge in [-0.25, -0.2) is 9.48 Å². The van der Waals surface area contributed by atoms with E-state index in [-0.39, 0.29) is 16.9 Å². The van der Waals surface area contributed by atoms with Gasteiger partial charge in [0.2, 0.25) is 0 Å². The molecule has 0 aliphatic heterocycles. The summed E-state index contributed by atoms with van der Waals surface area (Å²) in [6.07, 6.45) is 1.58. The number of hydrogen-bond acceptors (Lipinski definition) is 4. The van der Waals surface area contributed by atoms with Crippen LogP contribution in [0, 0.1) is 17.0 Å². The molecular weight excluding hydrogens is 238 g/mol. The number of carboxylic acid groups (broad SMARTS) is 1. The third-order valence-corrected chi connectivity index (χ3v) is 2.39. The number of nitro benzene ring substituents is 1. The van der Waals surface area contributed by atoms with Crippen LogP contribution >= 0.6 is 0 Å². The van der Waals surface area contributed by atoms with Crippen LogP contribution in [-0.4, -0.2) is 25.8 Å². The summed E-state index contributed by atoms with van der Waals surface area (Å²) in [5.41, 5.74) is 0.525. The zero-order chi connectivity index (χ0) is 13.3. The number of aryl methyl sites for hydroxylation is 1. The Morgan fingerprint density at radius 2 is 2.17 bits per heavy atom. The molecule has 0 aliphatic carbocycles. The number of rotatable bonds is 3. The molecule has 0 atom stereocenters. The van der Waals surface area contributed by atoms with Crippen LogP contribution in [0.3, 0.4) is 0 Å². The number of nitrogens with zero attached hydrogens (tertiary/aromatic N) is 3. The largest absolute Gasteiger partial charge is 0.478 e. The molecule has 0 amide bonds. The van der Waals surface area contributed by atoms with E-state index in [9.17, 15) is 14.9 Å². The van der Waals surface area contributed by atoms with Crippen molar-refractivity contribution >= 4 is 11.7 Å². The molecule has 0 aliphatic rings. The van der Waals surface area contributed by atoms with Crippen LogP contribution in [0.5, 0.6) is 0 Å². The molecule has 92 valence electrons. The highest BCUT2D eigenvalue weighted by molar-refractivity contribution is 5.89. The van der Waals surface area contributed by atoms with Crippen molar-refractivity contribution in [1.29, 1.82) is 0 Å². The zero-order valence-electron chi connectivity index (χ0n) is 9.40. The topological polar surface area (TPSA) is 98.3 Å². The van der Waals surface area contributed by atoms with Crippen LogP contribution in [0.4, 0.5) is 5.69 Å². The van der Waals surface area contributed by atoms with Gasteiger partial charge in [0, 0.05) is 12.3 Å². The van der Waals surface area contributed by atoms with E-state index in [0.717, 1.165) is 6.07 Å². The third-order valence-electron chi connectivity index (χ3n) is 2.39. The van der Waals surface area contributed by atoms with E-state index >= 15 is 0 Å². The van der Waals surface area contributed by atoms with Gasteiger partial charge in [0.15, 0.2) is 0 Å². The molecule has 7 nitrogen and oxygen atoms in total. The van der Waals surface area contributed by atoms with Crippen LogP contribution in [0.1, 0.15) is 16.1 Å². The molecule has 0 saturated heterocycles. The molecular formula is C11H9N3O4. The smallest absolute Gasteiger partial charge is 0.335 e. The monoisotopic (exact) mass is 247 g/mol. The lowest BCUT2D eigenvalue weighted by Crippen LogP contribution is -2.04. The summed E-state index contributed by atoms with van der Waals surface area (Å²) in [6.45, 7) is 1.76. The van der Waals surface area contributed by atoms with Gasteiger partial charge in [-0.1, -0.05) is 0 Å². The molecule has 18 heavy (non-hydrogen) atoms. The highest BCUT2D eigenvalue weighted by Gasteiger charge is 2.18. The number of aromatic carboxylic acids is 1. The number of nitro groups is 1. The lowest BCUT2D eigenvalue weighted by molar-refractivity contribution is -0.384. The maximum absolute atomic E-state index is 10.9. The molecule has 0 radical (unpaired) electrons. The summed E-state index contributed by atoms with van der Waals surface area (Å²) in [4.78, 5) is 21.1. The SMILES string of the molecule is Cc1ccn(-c2ccc(C(=O)O)cc2[N+](=O)[O-])n1. The number of carboxylic acids is 1. The van der Waals surface area contributed by atoms with E-state index < -0.39 is 10.9 Å². The molecule has 7 heteroatoms. The number of benzene rings is 1. The second kappa shape index (κ2) is 4.28. The Bertz CT molecular complexity index is 633. The van der Waals surface area contributed by atoms with Crippen molar-refractivity contribution in [3.05, 3.63) is 51.8 Å². The molecule has 1 aromatic carbocycles. The van der Waals surface area contributed by atoms with Crippen LogP contribution in [0.25, 0.3) is 5.69 Å². The molecule has 1 aromatic heterocycles. The van der Waals surface area contributed by atoms with Gasteiger partial charge < -0.3 is 5.11 Å². The summed E-state index contributed by atoms with van der Waals surface area (Å²) < 4.78 is 1.35. The van der Waals surface area contributed by atoms with Gasteiger partial charge in [0.05, 0.1) is 16.2 Å². The van der Waals surface area contributed by atoms with Gasteiger partial charge in [-0.3, -0.25) is 10.1 Å². The lowest BCUT2D eigenvalue weighted by atomic mass is 10.2. The van der Waals surface area contributed by atoms with E-state index in [2.05, 4.69) is 5.10 Å². The van der Waals surface area contributed by atoms with Crippen molar-refractivity contribution in [3.63, 3.8) is 0 Å². The molecule has 0 unspecified atom stereocenters. The Morgan fingerprint density at radius 1 is 1.44 bits per heavy atom. The number of carbonyl (C=O) groups is 1. The van der Waals surface area contributed by atoms with Gasteiger partial charge >= 0.3 is 5.97 Å². The fraction of sp³-hybridized carbons (Fsp3) is 0.0909. The third kappa shape index (κ3) is 2.05. The minimum absolute atomic E-state index is 0.130. The van der Waals surface area contributed by atoms with E-state index in [0.29, 0.717) is 5.69 Å². The molecule has 0 fully saturated rings. The summed E-state index contributed by atoms with van der Waals surface area (Å²) in [5.74, 6) is -1.21. The highest BCUT2D eigenvalue weighted by Crippen LogP contribution is 2.24. The molecule has 2 rings (SSSR count). The lowest BCUT2D eigenvalue weighted by Gasteiger charge is -2.03. The van der Waals surface area contributed by atoms with Crippen molar-refractivity contribution in [2.75, 3.05) is 0 Å². The normalized spacial score (nSPS) is 10.3. The summed E-state index contributed by atoms with van der Waals surface area (Å²) >= 11 is 0. The first-order chi connectivity index (χ1) is 8.49. The second-order valence-corrected chi connectivity index (χ2v) is 3.67. The number of hydrogen-bond donors (Lipinski definition) is 1. The van der Waals surface area contributed by atoms with Gasteiger partial charge in [-0.2, -0.15) is 5.10 Å². The highest BCUT2D eigenvalue weighted by atomic mass is 16.6. The van der Waals surface area contributed by atoms with Gasteiger partial charge in [-0.15, -0.1) is 0 Å². The van der Waals surface area contributed by atoms with E-state index in [4.69, 9.17) is 5.11 Å². The molecule has 1 heterocycles. The quantitative estimate of drug-likeness (QED) is 0.658. The van der Waals surface area contributed by atoms with E-state index in [1.54, 1.807) is 19.2 Å². The average molecular weight is 247 g/mol. The second-order valence-electron chi connectivity index (χ2n) is 3.67. The Labute approximate surface area is 101 Å². The van der Waals surface area contributed by atoms with Crippen LogP contribution < -0.4 is 0 Å². The maximum atomic E-state index is 10.9. The van der Waals surface area contributed by atoms with E-state index in [1.165, 1.54) is 16.8 Å². The summed E-state index contributed by atoms with van der Waals surface area (Å²) in [5, 5.41) is 23.8. The van der Waals surface area contributed by atoms with Crippen molar-refractivity contribution in [3.8, 4) is 5.69 Å². The molecule has 0 spiro atoms. The molecule has 1 N–H and O–H groups in total. The summed E-state index contributed by atoms with van der Waals surface area (Å²) in [7, 11) is 0. The standard InChI is InChI=1S/C11H9N3O4/c1-7-4-5-13(12-7)9-3-2-8(11(15)16)6-10(9)14(17)18/h2-6H,1H3,(H,15,16). The average Bonchev–Trinajstić information content (AvgIpc) is 2.74. The molecule has 0 bridgehead atoms. The minimum Gasteiger partial charge on any atom is -0.478 e. The fourth-order valence-corrected chi connectivity index (χ4v) is 1.55. The van der Waals surface area contributed by atoms with Crippen LogP contribution in [0.15, 0.2) is 30.5 Å². The minimum atomic E-state index is -1.21. The van der Waals surface area contributed by atoms with Gasteiger partial charge in [0.1, 0.15) is 5.69 Å². The maximum Gasteiger partial charge on any atom is 0.335 e. The van der Waals surface area contributed by atoms with Crippen LogP contribution in [0.2, 0.25) is 0 Å². The Hall–Kier alpha value is -2.70. The zero-order valence-corrected chi connectivity index (χ0v) is 9.40. The first kappa shape index (κ1) is 11.8. The van der Waals surface area contributed by atoms with Crippen molar-refractivity contribution in [2.45, 2.75) is 6.92 Å². The van der Waals surface area contributed by atoms with Gasteiger partial charge in [0.25, 0.3) is 5.69 Å². The molecule has 0 saturated carbocycles. The first-order valence-corrected chi connectivity index (χ1v) is 5.03. The van der Waals surface area contributed by atoms with Crippen molar-refractivity contribution < 1.29 is 14.8 Å². The first-order valence-electron chi connectivity index (χ1n) is 5.03. The predicted octanol–water partition coefficient (Wildman–Crippen LogP) is 1.79. The fourth-order valence-electron chi connectivity index (χ4n) is 1.55. The Morgan fingerprint density at radius 3 is 2.67 bits per heavy atom. The predicted molar refractivity (Wildman–Crippen MR) is 61.9 cm³/mol. The number of aromatic nitrogens is 2. The van der Waals surface area contributed by atoms with Crippen LogP contribution in [-0.2, 0) is 0 Å². The van der Waals surface area contributed by atoms with Crippen molar-refractivity contribution in [1.82, 2.24) is 9.78 Å². The van der Waals surface area contributed by atoms with Gasteiger partial charge in [-0.05, 0) is 25.1 Å². The van der Waals surface area contributed by atoms with E-state index in [1.807, 2.05) is 0 Å². The Balaban J connectivity index is 2.60. The molecule has 2 aromatic rings.